The van der Waals surface area contributed by atoms with E-state index in [-0.39, 0.29) is 5.41 Å². The highest BCUT2D eigenvalue weighted by Crippen LogP contribution is 2.66. The number of rotatable bonds is 1. The van der Waals surface area contributed by atoms with Gasteiger partial charge >= 0.3 is 0 Å². The van der Waals surface area contributed by atoms with Crippen LogP contribution < -0.4 is 9.47 Å². The summed E-state index contributed by atoms with van der Waals surface area (Å²) in [5, 5.41) is 0. The fraction of sp³-hybridized carbons (Fsp3) is 0.739. The molecule has 0 bridgehead atoms. The Hall–Kier alpha value is -1.18. The van der Waals surface area contributed by atoms with Gasteiger partial charge in [0.2, 0.25) is 0 Å². The summed E-state index contributed by atoms with van der Waals surface area (Å²) in [6, 6.07) is 4.29. The summed E-state index contributed by atoms with van der Waals surface area (Å²) in [4.78, 5) is 0. The molecule has 4 atom stereocenters. The van der Waals surface area contributed by atoms with Crippen molar-refractivity contribution >= 4 is 0 Å². The van der Waals surface area contributed by atoms with Gasteiger partial charge in [0.25, 0.3) is 0 Å². The normalized spacial score (nSPS) is 38.8. The van der Waals surface area contributed by atoms with Gasteiger partial charge in [-0.2, -0.15) is 0 Å². The quantitative estimate of drug-likeness (QED) is 0.633. The van der Waals surface area contributed by atoms with Crippen molar-refractivity contribution in [2.45, 2.75) is 72.1 Å². The molecule has 3 aliphatic rings. The van der Waals surface area contributed by atoms with Crippen molar-refractivity contribution in [2.75, 3.05) is 13.7 Å². The topological polar surface area (TPSA) is 18.5 Å². The predicted molar refractivity (Wildman–Crippen MR) is 103 cm³/mol. The van der Waals surface area contributed by atoms with Crippen LogP contribution in [0.4, 0.5) is 0 Å². The van der Waals surface area contributed by atoms with Crippen molar-refractivity contribution in [1.82, 2.24) is 0 Å². The lowest BCUT2D eigenvalue weighted by atomic mass is 9.42. The molecule has 1 heterocycles. The maximum Gasteiger partial charge on any atom is 0.127 e. The third kappa shape index (κ3) is 2.28. The van der Waals surface area contributed by atoms with E-state index < -0.39 is 0 Å². The average molecular weight is 343 g/mol. The Balaban J connectivity index is 1.82. The number of hydrogen-bond donors (Lipinski definition) is 0. The van der Waals surface area contributed by atoms with Gasteiger partial charge in [0.15, 0.2) is 0 Å². The maximum absolute atomic E-state index is 6.38. The highest BCUT2D eigenvalue weighted by Gasteiger charge is 2.60. The number of aryl methyl sites for hydroxylation is 1. The third-order valence-corrected chi connectivity index (χ3v) is 8.28. The first-order chi connectivity index (χ1) is 11.7. The fourth-order valence-corrected chi connectivity index (χ4v) is 7.18. The smallest absolute Gasteiger partial charge is 0.127 e. The van der Waals surface area contributed by atoms with Crippen LogP contribution in [0.2, 0.25) is 0 Å². The number of benzene rings is 1. The SMILES string of the molecule is COc1cc(C)c2c(c1)OC[C@@H]1C3(C)CCCC(C)(C)[C@@H]3CC[C@@]21C. The molecule has 0 N–H and O–H groups in total. The van der Waals surface area contributed by atoms with Crippen molar-refractivity contribution in [2.24, 2.45) is 22.7 Å². The first-order valence-electron chi connectivity index (χ1n) is 10.0. The molecule has 0 saturated heterocycles. The summed E-state index contributed by atoms with van der Waals surface area (Å²) in [5.41, 5.74) is 3.86. The second kappa shape index (κ2) is 5.41. The first kappa shape index (κ1) is 17.2. The molecule has 2 fully saturated rings. The number of fused-ring (bicyclic) bond motifs is 5. The second-order valence-electron chi connectivity index (χ2n) is 10.0. The van der Waals surface area contributed by atoms with Crippen molar-refractivity contribution < 1.29 is 9.47 Å². The van der Waals surface area contributed by atoms with Gasteiger partial charge in [-0.1, -0.05) is 34.1 Å². The molecule has 2 heteroatoms. The summed E-state index contributed by atoms with van der Waals surface area (Å²) in [5.74, 6) is 3.40. The van der Waals surface area contributed by atoms with Gasteiger partial charge in [0.1, 0.15) is 11.5 Å². The molecule has 0 aromatic heterocycles. The molecule has 2 nitrogen and oxygen atoms in total. The summed E-state index contributed by atoms with van der Waals surface area (Å²) >= 11 is 0. The number of hydrogen-bond acceptors (Lipinski definition) is 2. The van der Waals surface area contributed by atoms with Gasteiger partial charge in [0, 0.05) is 23.0 Å². The van der Waals surface area contributed by atoms with E-state index >= 15 is 0 Å². The van der Waals surface area contributed by atoms with Gasteiger partial charge in [-0.15, -0.1) is 0 Å². The molecule has 2 saturated carbocycles. The monoisotopic (exact) mass is 342 g/mol. The summed E-state index contributed by atoms with van der Waals surface area (Å²) in [7, 11) is 1.74. The minimum Gasteiger partial charge on any atom is -0.497 e. The van der Waals surface area contributed by atoms with Crippen LogP contribution >= 0.6 is 0 Å². The van der Waals surface area contributed by atoms with E-state index in [1.165, 1.54) is 43.2 Å². The third-order valence-electron chi connectivity index (χ3n) is 8.28. The highest BCUT2D eigenvalue weighted by molar-refractivity contribution is 5.52. The van der Waals surface area contributed by atoms with Crippen molar-refractivity contribution in [3.63, 3.8) is 0 Å². The van der Waals surface area contributed by atoms with E-state index in [0.717, 1.165) is 24.0 Å². The van der Waals surface area contributed by atoms with Crippen molar-refractivity contribution in [3.8, 4) is 11.5 Å². The zero-order valence-electron chi connectivity index (χ0n) is 16.9. The molecular weight excluding hydrogens is 308 g/mol. The number of methoxy groups -OCH3 is 1. The van der Waals surface area contributed by atoms with Crippen LogP contribution in [0.25, 0.3) is 0 Å². The van der Waals surface area contributed by atoms with E-state index in [1.807, 2.05) is 0 Å². The Labute approximate surface area is 153 Å². The molecule has 1 aromatic rings. The van der Waals surface area contributed by atoms with Gasteiger partial charge in [-0.25, -0.2) is 0 Å². The molecule has 2 aliphatic carbocycles. The highest BCUT2D eigenvalue weighted by atomic mass is 16.5. The van der Waals surface area contributed by atoms with Crippen LogP contribution in [0.15, 0.2) is 12.1 Å². The van der Waals surface area contributed by atoms with E-state index in [9.17, 15) is 0 Å². The lowest BCUT2D eigenvalue weighted by Crippen LogP contribution is -2.59. The molecule has 1 aromatic carbocycles. The predicted octanol–water partition coefficient (Wildman–Crippen LogP) is 5.90. The average Bonchev–Trinajstić information content (AvgIpc) is 2.52. The zero-order chi connectivity index (χ0) is 18.0. The van der Waals surface area contributed by atoms with E-state index in [1.54, 1.807) is 7.11 Å². The zero-order valence-corrected chi connectivity index (χ0v) is 16.9. The van der Waals surface area contributed by atoms with Crippen LogP contribution in [0.3, 0.4) is 0 Å². The molecule has 4 rings (SSSR count). The Kier molecular flexibility index (Phi) is 3.73. The van der Waals surface area contributed by atoms with Gasteiger partial charge in [0.05, 0.1) is 13.7 Å². The summed E-state index contributed by atoms with van der Waals surface area (Å²) in [6.45, 7) is 13.2. The van der Waals surface area contributed by atoms with Gasteiger partial charge < -0.3 is 9.47 Å². The van der Waals surface area contributed by atoms with E-state index in [2.05, 4.69) is 46.8 Å². The lowest BCUT2D eigenvalue weighted by Gasteiger charge is -2.63. The van der Waals surface area contributed by atoms with E-state index in [4.69, 9.17) is 9.47 Å². The fourth-order valence-electron chi connectivity index (χ4n) is 7.18. The standard InChI is InChI=1S/C23H34O2/c1-15-12-16(24-6)13-17-20(15)23(5)11-8-18-21(2,3)9-7-10-22(18,4)19(23)14-25-17/h12-13,18-19H,7-11,14H2,1-6H3/t18-,19+,22?,23+/m0/s1. The van der Waals surface area contributed by atoms with Crippen molar-refractivity contribution in [1.29, 1.82) is 0 Å². The lowest BCUT2D eigenvalue weighted by molar-refractivity contribution is -0.123. The van der Waals surface area contributed by atoms with Gasteiger partial charge in [-0.05, 0) is 61.0 Å². The van der Waals surface area contributed by atoms with Crippen LogP contribution in [0.1, 0.15) is 70.9 Å². The molecule has 138 valence electrons. The minimum atomic E-state index is 0.225. The van der Waals surface area contributed by atoms with Gasteiger partial charge in [-0.3, -0.25) is 0 Å². The summed E-state index contributed by atoms with van der Waals surface area (Å²) < 4.78 is 11.9. The van der Waals surface area contributed by atoms with Crippen LogP contribution in [-0.4, -0.2) is 13.7 Å². The van der Waals surface area contributed by atoms with E-state index in [0.29, 0.717) is 16.7 Å². The second-order valence-corrected chi connectivity index (χ2v) is 10.0. The molecule has 1 unspecified atom stereocenters. The minimum absolute atomic E-state index is 0.225. The molecule has 0 spiro atoms. The largest absolute Gasteiger partial charge is 0.497 e. The van der Waals surface area contributed by atoms with Crippen LogP contribution in [0, 0.1) is 29.6 Å². The summed E-state index contributed by atoms with van der Waals surface area (Å²) in [6.07, 6.45) is 6.73. The molecule has 1 aliphatic heterocycles. The van der Waals surface area contributed by atoms with Crippen molar-refractivity contribution in [3.05, 3.63) is 23.3 Å². The molecular formula is C23H34O2. The number of ether oxygens (including phenoxy) is 2. The molecule has 0 radical (unpaired) electrons. The first-order valence-corrected chi connectivity index (χ1v) is 10.0. The molecule has 0 amide bonds. The van der Waals surface area contributed by atoms with Crippen LogP contribution in [0.5, 0.6) is 11.5 Å². The Morgan fingerprint density at radius 1 is 1.04 bits per heavy atom. The Bertz CT molecular complexity index is 692. The Morgan fingerprint density at radius 2 is 1.80 bits per heavy atom. The maximum atomic E-state index is 6.38. The molecule has 25 heavy (non-hydrogen) atoms. The Morgan fingerprint density at radius 3 is 2.52 bits per heavy atom. The van der Waals surface area contributed by atoms with Crippen LogP contribution in [-0.2, 0) is 5.41 Å².